The Hall–Kier alpha value is -1.74. The predicted octanol–water partition coefficient (Wildman–Crippen LogP) is 0.341. The van der Waals surface area contributed by atoms with Crippen molar-refractivity contribution < 1.29 is 18.3 Å². The van der Waals surface area contributed by atoms with Gasteiger partial charge in [-0.15, -0.1) is 0 Å². The lowest BCUT2D eigenvalue weighted by molar-refractivity contribution is -0.145. The Morgan fingerprint density at radius 2 is 2.05 bits per heavy atom. The van der Waals surface area contributed by atoms with Crippen LogP contribution in [0.15, 0.2) is 15.8 Å². The average molecular weight is 302 g/mol. The Balaban J connectivity index is 2.39. The summed E-state index contributed by atoms with van der Waals surface area (Å²) < 4.78 is 24.9. The number of H-pyrrole nitrogens is 1. The summed E-state index contributed by atoms with van der Waals surface area (Å²) in [5, 5.41) is 0. The number of halogens is 1. The maximum Gasteiger partial charge on any atom is 0.331 e. The minimum Gasteiger partial charge on any atom is -0.438 e. The molecule has 0 aromatic carbocycles. The number of hydrogen-bond donors (Lipinski definition) is 1. The van der Waals surface area contributed by atoms with Gasteiger partial charge in [-0.1, -0.05) is 0 Å². The van der Waals surface area contributed by atoms with Crippen LogP contribution in [-0.2, 0) is 14.0 Å². The van der Waals surface area contributed by atoms with Gasteiger partial charge in [0.15, 0.2) is 8.32 Å². The number of esters is 1. The second-order valence-corrected chi connectivity index (χ2v) is 9.96. The van der Waals surface area contributed by atoms with Crippen LogP contribution >= 0.6 is 0 Å². The molecule has 2 unspecified atom stereocenters. The normalized spacial score (nSPS) is 22.9. The molecular formula is C11H15FN2O5Si. The Morgan fingerprint density at radius 1 is 1.40 bits per heavy atom. The van der Waals surface area contributed by atoms with Crippen molar-refractivity contribution >= 4 is 14.3 Å². The molecule has 0 aliphatic carbocycles. The van der Waals surface area contributed by atoms with Gasteiger partial charge in [-0.25, -0.2) is 4.79 Å². The van der Waals surface area contributed by atoms with Gasteiger partial charge in [0.25, 0.3) is 5.56 Å². The summed E-state index contributed by atoms with van der Waals surface area (Å²) in [5.74, 6) is -1.66. The van der Waals surface area contributed by atoms with Crippen molar-refractivity contribution in [3.8, 4) is 0 Å². The number of rotatable bonds is 3. The lowest BCUT2D eigenvalue weighted by Crippen LogP contribution is -2.40. The summed E-state index contributed by atoms with van der Waals surface area (Å²) in [6.45, 7) is 5.76. The van der Waals surface area contributed by atoms with Gasteiger partial charge in [0.2, 0.25) is 12.0 Å². The quantitative estimate of drug-likeness (QED) is 0.642. The highest BCUT2D eigenvalue weighted by atomic mass is 28.4. The van der Waals surface area contributed by atoms with Crippen LogP contribution in [0.1, 0.15) is 12.6 Å². The first-order chi connectivity index (χ1) is 9.17. The number of ether oxygens (including phenoxy) is 1. The van der Waals surface area contributed by atoms with Crippen molar-refractivity contribution in [1.29, 1.82) is 0 Å². The van der Waals surface area contributed by atoms with E-state index >= 15 is 0 Å². The molecule has 7 nitrogen and oxygen atoms in total. The molecule has 0 amide bonds. The molecular weight excluding hydrogens is 287 g/mol. The molecule has 2 heterocycles. The van der Waals surface area contributed by atoms with Gasteiger partial charge in [0.1, 0.15) is 6.10 Å². The second-order valence-electron chi connectivity index (χ2n) is 5.50. The van der Waals surface area contributed by atoms with Gasteiger partial charge >= 0.3 is 11.7 Å². The fourth-order valence-corrected chi connectivity index (χ4v) is 3.07. The molecule has 1 aromatic rings. The number of carbonyl (C=O) groups is 1. The van der Waals surface area contributed by atoms with Crippen LogP contribution in [0.25, 0.3) is 0 Å². The van der Waals surface area contributed by atoms with Gasteiger partial charge in [-0.05, 0) is 19.6 Å². The number of aromatic amines is 1. The van der Waals surface area contributed by atoms with Crippen molar-refractivity contribution in [2.45, 2.75) is 38.4 Å². The van der Waals surface area contributed by atoms with Gasteiger partial charge < -0.3 is 9.16 Å². The van der Waals surface area contributed by atoms with E-state index in [4.69, 9.17) is 9.16 Å². The van der Waals surface area contributed by atoms with E-state index in [0.717, 1.165) is 10.8 Å². The Labute approximate surface area is 114 Å². The summed E-state index contributed by atoms with van der Waals surface area (Å²) in [6.07, 6.45) is -1.02. The molecule has 2 rings (SSSR count). The minimum absolute atomic E-state index is 0.0118. The van der Waals surface area contributed by atoms with E-state index in [-0.39, 0.29) is 6.42 Å². The highest BCUT2D eigenvalue weighted by Crippen LogP contribution is 2.28. The molecule has 1 aliphatic heterocycles. The van der Waals surface area contributed by atoms with Crippen LogP contribution in [0.5, 0.6) is 0 Å². The molecule has 1 N–H and O–H groups in total. The fourth-order valence-electron chi connectivity index (χ4n) is 1.96. The Bertz CT molecular complexity index is 647. The molecule has 110 valence electrons. The summed E-state index contributed by atoms with van der Waals surface area (Å²) >= 11 is 0. The van der Waals surface area contributed by atoms with Crippen molar-refractivity contribution in [2.75, 3.05) is 0 Å². The van der Waals surface area contributed by atoms with Crippen LogP contribution in [0, 0.1) is 5.82 Å². The zero-order valence-electron chi connectivity index (χ0n) is 11.3. The first-order valence-electron chi connectivity index (χ1n) is 6.05. The SMILES string of the molecule is C[Si](C)(C)OC1CC(=O)OC1n1cc(F)c(=O)[nH]c1=O. The minimum atomic E-state index is -1.98. The molecule has 0 bridgehead atoms. The highest BCUT2D eigenvalue weighted by molar-refractivity contribution is 6.69. The van der Waals surface area contributed by atoms with Crippen molar-refractivity contribution in [3.63, 3.8) is 0 Å². The van der Waals surface area contributed by atoms with Crippen molar-refractivity contribution in [3.05, 3.63) is 32.9 Å². The summed E-state index contributed by atoms with van der Waals surface area (Å²) in [7, 11) is -1.98. The average Bonchev–Trinajstić information content (AvgIpc) is 2.62. The van der Waals surface area contributed by atoms with E-state index in [0.29, 0.717) is 0 Å². The first-order valence-corrected chi connectivity index (χ1v) is 9.46. The highest BCUT2D eigenvalue weighted by Gasteiger charge is 2.40. The molecule has 1 aliphatic rings. The third-order valence-electron chi connectivity index (χ3n) is 2.64. The molecule has 1 aromatic heterocycles. The zero-order chi connectivity index (χ0) is 15.1. The van der Waals surface area contributed by atoms with Crippen LogP contribution in [0.4, 0.5) is 4.39 Å². The largest absolute Gasteiger partial charge is 0.438 e. The van der Waals surface area contributed by atoms with Crippen molar-refractivity contribution in [2.24, 2.45) is 0 Å². The summed E-state index contributed by atoms with van der Waals surface area (Å²) in [6, 6.07) is 0. The predicted molar refractivity (Wildman–Crippen MR) is 69.2 cm³/mol. The third-order valence-corrected chi connectivity index (χ3v) is 3.65. The van der Waals surface area contributed by atoms with E-state index in [1.807, 2.05) is 24.6 Å². The van der Waals surface area contributed by atoms with Crippen LogP contribution < -0.4 is 11.2 Å². The fraction of sp³-hybridized carbons (Fsp3) is 0.545. The Morgan fingerprint density at radius 3 is 2.65 bits per heavy atom. The standard InChI is InChI=1S/C11H15FN2O5Si/c1-20(2,3)19-7-4-8(15)18-10(7)14-5-6(12)9(16)13-11(14)17/h5,7,10H,4H2,1-3H3,(H,13,16,17). The zero-order valence-corrected chi connectivity index (χ0v) is 12.3. The monoisotopic (exact) mass is 302 g/mol. The van der Waals surface area contributed by atoms with E-state index in [2.05, 4.69) is 0 Å². The van der Waals surface area contributed by atoms with E-state index in [1.54, 1.807) is 0 Å². The molecule has 0 saturated carbocycles. The second kappa shape index (κ2) is 4.98. The van der Waals surface area contributed by atoms with E-state index in [1.165, 1.54) is 0 Å². The number of nitrogens with one attached hydrogen (secondary N) is 1. The Kier molecular flexibility index (Phi) is 3.65. The third kappa shape index (κ3) is 3.04. The lowest BCUT2D eigenvalue weighted by Gasteiger charge is -2.26. The number of nitrogens with zero attached hydrogens (tertiary/aromatic N) is 1. The molecule has 0 spiro atoms. The smallest absolute Gasteiger partial charge is 0.331 e. The lowest BCUT2D eigenvalue weighted by atomic mass is 10.2. The van der Waals surface area contributed by atoms with E-state index < -0.39 is 43.7 Å². The van der Waals surface area contributed by atoms with Gasteiger partial charge in [-0.3, -0.25) is 19.1 Å². The number of cyclic esters (lactones) is 1. The maximum atomic E-state index is 13.3. The van der Waals surface area contributed by atoms with Gasteiger partial charge in [0, 0.05) is 0 Å². The number of aromatic nitrogens is 2. The van der Waals surface area contributed by atoms with Crippen LogP contribution in [0.2, 0.25) is 19.6 Å². The summed E-state index contributed by atoms with van der Waals surface area (Å²) in [5.41, 5.74) is -1.96. The van der Waals surface area contributed by atoms with Crippen LogP contribution in [-0.4, -0.2) is 29.9 Å². The van der Waals surface area contributed by atoms with Crippen molar-refractivity contribution in [1.82, 2.24) is 9.55 Å². The summed E-state index contributed by atoms with van der Waals surface area (Å²) in [4.78, 5) is 35.9. The number of carbonyl (C=O) groups excluding carboxylic acids is 1. The number of hydrogen-bond acceptors (Lipinski definition) is 5. The van der Waals surface area contributed by atoms with Gasteiger partial charge in [0.05, 0.1) is 12.6 Å². The maximum absolute atomic E-state index is 13.3. The van der Waals surface area contributed by atoms with Crippen LogP contribution in [0.3, 0.4) is 0 Å². The molecule has 2 atom stereocenters. The van der Waals surface area contributed by atoms with Gasteiger partial charge in [-0.2, -0.15) is 4.39 Å². The topological polar surface area (TPSA) is 90.4 Å². The molecule has 0 radical (unpaired) electrons. The molecule has 9 heteroatoms. The molecule has 1 fully saturated rings. The molecule has 20 heavy (non-hydrogen) atoms. The first kappa shape index (κ1) is 14.7. The van der Waals surface area contributed by atoms with E-state index in [9.17, 15) is 18.8 Å². The molecule has 1 saturated heterocycles.